The van der Waals surface area contributed by atoms with Crippen molar-refractivity contribution in [2.24, 2.45) is 17.3 Å². The number of carbonyl (C=O) groups excluding carboxylic acids is 1. The number of piperidine rings is 1. The summed E-state index contributed by atoms with van der Waals surface area (Å²) in [6, 6.07) is 10.1. The van der Waals surface area contributed by atoms with E-state index < -0.39 is 31.4 Å². The largest absolute Gasteiger partial charge is 0.453 e. The van der Waals surface area contributed by atoms with Gasteiger partial charge in [0, 0.05) is 68.2 Å². The highest BCUT2D eigenvalue weighted by atomic mass is 32.2. The summed E-state index contributed by atoms with van der Waals surface area (Å²) >= 11 is 0. The third kappa shape index (κ3) is 7.97. The van der Waals surface area contributed by atoms with Crippen molar-refractivity contribution in [3.8, 4) is 11.5 Å². The number of pyridine rings is 2. The van der Waals surface area contributed by atoms with Gasteiger partial charge < -0.3 is 30.4 Å². The fourth-order valence-corrected chi connectivity index (χ4v) is 9.74. The maximum Gasteiger partial charge on any atom is 0.312 e. The summed E-state index contributed by atoms with van der Waals surface area (Å²) in [5, 5.41) is 15.8. The van der Waals surface area contributed by atoms with E-state index in [0.717, 1.165) is 101 Å². The average molecular weight is 788 g/mol. The number of hydrogen-bond acceptors (Lipinski definition) is 13. The van der Waals surface area contributed by atoms with Crippen molar-refractivity contribution in [1.82, 2.24) is 24.6 Å². The second-order valence-corrected chi connectivity index (χ2v) is 17.7. The van der Waals surface area contributed by atoms with E-state index in [0.29, 0.717) is 35.5 Å². The van der Waals surface area contributed by atoms with Gasteiger partial charge in [0.05, 0.1) is 29.9 Å². The molecule has 1 spiro atoms. The van der Waals surface area contributed by atoms with E-state index in [1.54, 1.807) is 24.4 Å². The number of nitrogen functional groups attached to an aromatic ring is 1. The third-order valence-electron chi connectivity index (χ3n) is 12.3. The molecule has 5 N–H and O–H groups in total. The number of morpholine rings is 1. The maximum atomic E-state index is 13.9. The molecule has 0 atom stereocenters. The number of anilines is 3. The molecule has 4 aromatic rings. The van der Waals surface area contributed by atoms with Crippen molar-refractivity contribution in [1.29, 1.82) is 0 Å². The molecule has 3 aromatic heterocycles. The van der Waals surface area contributed by atoms with Crippen LogP contribution in [0.15, 0.2) is 53.7 Å². The summed E-state index contributed by atoms with van der Waals surface area (Å²) in [6.07, 6.45) is 11.4. The summed E-state index contributed by atoms with van der Waals surface area (Å²) in [5.41, 5.74) is 7.41. The number of ether oxygens (including phenoxy) is 2. The Balaban J connectivity index is 1.01. The first-order valence-electron chi connectivity index (χ1n) is 19.5. The molecule has 2 aliphatic carbocycles. The molecule has 0 radical (unpaired) electrons. The highest BCUT2D eigenvalue weighted by molar-refractivity contribution is 7.90. The molecule has 2 saturated heterocycles. The predicted octanol–water partition coefficient (Wildman–Crippen LogP) is 5.68. The van der Waals surface area contributed by atoms with Gasteiger partial charge >= 0.3 is 5.69 Å². The zero-order valence-electron chi connectivity index (χ0n) is 31.5. The van der Waals surface area contributed by atoms with E-state index in [4.69, 9.17) is 15.2 Å². The highest BCUT2D eigenvalue weighted by Gasteiger charge is 2.48. The zero-order valence-corrected chi connectivity index (χ0v) is 32.4. The smallest absolute Gasteiger partial charge is 0.312 e. The standard InChI is InChI=1S/C39H49N9O7S/c1-25-2-4-26(5-3-25)23-42-37-32(48(50)51)20-30(24-43-37)56(52,53)45-38(49)31-7-6-28(19-33(31)55-34-18-27-8-11-41-36(27)44-35(34)40)46-12-9-39(10-13-46)21-29(22-39)47-14-16-54-17-15-47/h6-8,11,18-20,24-26,29H,2-5,9-10,12-17,21-23H2,1H3,(H,42,43)(H,45,49)(H3,40,41,44)/t25-,26+. The zero-order chi connectivity index (χ0) is 39.0. The van der Waals surface area contributed by atoms with E-state index in [9.17, 15) is 23.3 Å². The molecule has 2 saturated carbocycles. The number of nitrogens with two attached hydrogens (primary N) is 1. The second-order valence-electron chi connectivity index (χ2n) is 16.0. The minimum absolute atomic E-state index is 0.0198. The van der Waals surface area contributed by atoms with E-state index in [-0.39, 0.29) is 28.7 Å². The molecule has 4 aliphatic rings. The fraction of sp³-hybridized carbons (Fsp3) is 0.513. The van der Waals surface area contributed by atoms with Gasteiger partial charge in [-0.1, -0.05) is 19.8 Å². The molecule has 56 heavy (non-hydrogen) atoms. The van der Waals surface area contributed by atoms with Crippen molar-refractivity contribution in [3.63, 3.8) is 0 Å². The minimum Gasteiger partial charge on any atom is -0.453 e. The van der Waals surface area contributed by atoms with Gasteiger partial charge in [-0.15, -0.1) is 0 Å². The summed E-state index contributed by atoms with van der Waals surface area (Å²) in [7, 11) is -4.61. The van der Waals surface area contributed by atoms with Crippen molar-refractivity contribution >= 4 is 50.0 Å². The Morgan fingerprint density at radius 2 is 1.82 bits per heavy atom. The van der Waals surface area contributed by atoms with Gasteiger partial charge in [0.1, 0.15) is 16.3 Å². The lowest BCUT2D eigenvalue weighted by Crippen LogP contribution is -2.57. The molecule has 0 bridgehead atoms. The van der Waals surface area contributed by atoms with Crippen LogP contribution in [0.25, 0.3) is 11.0 Å². The van der Waals surface area contributed by atoms with Crippen molar-refractivity contribution < 1.29 is 27.6 Å². The number of benzene rings is 1. The number of aromatic nitrogens is 3. The Hall–Kier alpha value is -5.00. The van der Waals surface area contributed by atoms with Gasteiger partial charge in [-0.3, -0.25) is 19.8 Å². The number of aromatic amines is 1. The Labute approximate surface area is 325 Å². The van der Waals surface area contributed by atoms with Crippen LogP contribution in [0.2, 0.25) is 0 Å². The lowest BCUT2D eigenvalue weighted by atomic mass is 9.60. The lowest BCUT2D eigenvalue weighted by Gasteiger charge is -2.56. The van der Waals surface area contributed by atoms with Crippen LogP contribution < -0.4 is 25.4 Å². The normalized spacial score (nSPS) is 21.8. The van der Waals surface area contributed by atoms with E-state index in [1.165, 1.54) is 18.9 Å². The number of rotatable bonds is 11. The molecule has 0 unspecified atom stereocenters. The van der Waals surface area contributed by atoms with Crippen LogP contribution in [0.1, 0.15) is 68.6 Å². The third-order valence-corrected chi connectivity index (χ3v) is 13.6. The van der Waals surface area contributed by atoms with Crippen LogP contribution in [0, 0.1) is 27.4 Å². The molecule has 1 aromatic carbocycles. The number of nitrogens with zero attached hydrogens (tertiary/aromatic N) is 5. The van der Waals surface area contributed by atoms with Crippen LogP contribution in [0.3, 0.4) is 0 Å². The molecule has 5 heterocycles. The van der Waals surface area contributed by atoms with E-state index in [2.05, 4.69) is 41.7 Å². The number of amides is 1. The SMILES string of the molecule is C[C@H]1CC[C@@H](CNc2ncc(S(=O)(=O)NC(=O)c3ccc(N4CCC5(CC4)CC(N4CCOCC4)C5)cc3Oc3cc4cc[nH]c4nc3N)cc2[N+](=O)[O-])CC1. The van der Waals surface area contributed by atoms with Crippen LogP contribution >= 0.6 is 0 Å². The Morgan fingerprint density at radius 1 is 1.07 bits per heavy atom. The van der Waals surface area contributed by atoms with Gasteiger partial charge in [0.25, 0.3) is 15.9 Å². The Bertz CT molecular complexity index is 2200. The molecule has 16 nitrogen and oxygen atoms in total. The summed E-state index contributed by atoms with van der Waals surface area (Å²) in [6.45, 7) is 7.94. The number of sulfonamides is 1. The number of hydrogen-bond donors (Lipinski definition) is 4. The molecule has 298 valence electrons. The molecular weight excluding hydrogens is 739 g/mol. The predicted molar refractivity (Wildman–Crippen MR) is 211 cm³/mol. The van der Waals surface area contributed by atoms with Crippen molar-refractivity contribution in [3.05, 3.63) is 64.5 Å². The number of carbonyl (C=O) groups is 1. The van der Waals surface area contributed by atoms with E-state index >= 15 is 0 Å². The van der Waals surface area contributed by atoms with Crippen LogP contribution in [-0.4, -0.2) is 91.1 Å². The number of H-pyrrole nitrogens is 1. The molecule has 1 amide bonds. The molecule has 17 heteroatoms. The molecule has 8 rings (SSSR count). The maximum absolute atomic E-state index is 13.9. The van der Waals surface area contributed by atoms with Gasteiger partial charge in [-0.2, -0.15) is 0 Å². The monoisotopic (exact) mass is 787 g/mol. The first-order valence-corrected chi connectivity index (χ1v) is 21.0. The minimum atomic E-state index is -4.61. The summed E-state index contributed by atoms with van der Waals surface area (Å²) in [4.78, 5) is 41.0. The first kappa shape index (κ1) is 37.9. The van der Waals surface area contributed by atoms with E-state index in [1.807, 2.05) is 6.07 Å². The van der Waals surface area contributed by atoms with Crippen LogP contribution in [0.5, 0.6) is 11.5 Å². The number of nitro groups is 1. The second kappa shape index (κ2) is 15.5. The quantitative estimate of drug-likeness (QED) is 0.107. The van der Waals surface area contributed by atoms with Crippen molar-refractivity contribution in [2.45, 2.75) is 69.2 Å². The number of fused-ring (bicyclic) bond motifs is 1. The molecule has 4 fully saturated rings. The van der Waals surface area contributed by atoms with Gasteiger partial charge in [-0.25, -0.2) is 23.1 Å². The summed E-state index contributed by atoms with van der Waals surface area (Å²) < 4.78 is 41.1. The Morgan fingerprint density at radius 3 is 2.55 bits per heavy atom. The topological polar surface area (TPSA) is 211 Å². The fourth-order valence-electron chi connectivity index (χ4n) is 8.81. The number of nitrogens with one attached hydrogen (secondary N) is 3. The van der Waals surface area contributed by atoms with Crippen LogP contribution in [-0.2, 0) is 14.8 Å². The summed E-state index contributed by atoms with van der Waals surface area (Å²) in [5.74, 6) is 0.346. The first-order chi connectivity index (χ1) is 26.9. The average Bonchev–Trinajstić information content (AvgIpc) is 3.64. The van der Waals surface area contributed by atoms with Gasteiger partial charge in [0.2, 0.25) is 5.82 Å². The molecular formula is C39H49N9O7S. The van der Waals surface area contributed by atoms with Crippen LogP contribution in [0.4, 0.5) is 23.0 Å². The van der Waals surface area contributed by atoms with Gasteiger partial charge in [0.15, 0.2) is 11.6 Å². The Kier molecular flexibility index (Phi) is 10.5. The lowest BCUT2D eigenvalue weighted by molar-refractivity contribution is -0.384. The molecule has 2 aliphatic heterocycles. The highest BCUT2D eigenvalue weighted by Crippen LogP contribution is 2.51. The van der Waals surface area contributed by atoms with Gasteiger partial charge in [-0.05, 0) is 80.0 Å². The van der Waals surface area contributed by atoms with Crippen molar-refractivity contribution in [2.75, 3.05) is 61.9 Å².